The van der Waals surface area contributed by atoms with E-state index in [2.05, 4.69) is 69.4 Å². The number of allylic oxidation sites excluding steroid dienone is 8. The Morgan fingerprint density at radius 2 is 0.513 bits per heavy atom. The molecule has 0 aliphatic heterocycles. The molecule has 0 saturated carbocycles. The largest absolute Gasteiger partial charge is 0.462 e. The summed E-state index contributed by atoms with van der Waals surface area (Å²) >= 11 is 0. The first-order chi connectivity index (χ1) is 37.5. The molecule has 0 N–H and O–H groups in total. The normalized spacial score (nSPS) is 12.3. The summed E-state index contributed by atoms with van der Waals surface area (Å²) in [5.74, 6) is -0.868. The van der Waals surface area contributed by atoms with Crippen molar-refractivity contribution in [1.29, 1.82) is 0 Å². The van der Waals surface area contributed by atoms with Crippen molar-refractivity contribution >= 4 is 17.9 Å². The van der Waals surface area contributed by atoms with Gasteiger partial charge in [-0.15, -0.1) is 0 Å². The smallest absolute Gasteiger partial charge is 0.306 e. The molecule has 1 atom stereocenters. The Hall–Kier alpha value is -2.63. The van der Waals surface area contributed by atoms with Gasteiger partial charge in [-0.05, 0) is 77.0 Å². The van der Waals surface area contributed by atoms with Gasteiger partial charge in [0.15, 0.2) is 6.10 Å². The van der Waals surface area contributed by atoms with Gasteiger partial charge in [-0.2, -0.15) is 0 Å². The van der Waals surface area contributed by atoms with Crippen molar-refractivity contribution in [2.24, 2.45) is 0 Å². The van der Waals surface area contributed by atoms with Gasteiger partial charge in [0.25, 0.3) is 0 Å². The number of hydrogen-bond donors (Lipinski definition) is 0. The molecule has 76 heavy (non-hydrogen) atoms. The van der Waals surface area contributed by atoms with Crippen LogP contribution in [-0.4, -0.2) is 37.2 Å². The zero-order valence-electron chi connectivity index (χ0n) is 51.0. The van der Waals surface area contributed by atoms with Crippen LogP contribution in [0.5, 0.6) is 0 Å². The van der Waals surface area contributed by atoms with E-state index in [1.54, 1.807) is 0 Å². The molecule has 0 aliphatic carbocycles. The molecule has 0 aliphatic rings. The predicted octanol–water partition coefficient (Wildman–Crippen LogP) is 22.9. The average Bonchev–Trinajstić information content (AvgIpc) is 3.42. The molecule has 0 fully saturated rings. The van der Waals surface area contributed by atoms with E-state index in [4.69, 9.17) is 14.2 Å². The summed E-state index contributed by atoms with van der Waals surface area (Å²) in [6.07, 6.45) is 81.3. The van der Waals surface area contributed by atoms with Crippen LogP contribution in [0.4, 0.5) is 0 Å². The molecule has 6 heteroatoms. The lowest BCUT2D eigenvalue weighted by Crippen LogP contribution is -2.30. The molecule has 444 valence electrons. The van der Waals surface area contributed by atoms with Crippen LogP contribution in [-0.2, 0) is 28.6 Å². The van der Waals surface area contributed by atoms with E-state index in [-0.39, 0.29) is 31.1 Å². The summed E-state index contributed by atoms with van der Waals surface area (Å²) in [7, 11) is 0. The van der Waals surface area contributed by atoms with Gasteiger partial charge >= 0.3 is 17.9 Å². The summed E-state index contributed by atoms with van der Waals surface area (Å²) in [5.41, 5.74) is 0. The Kier molecular flexibility index (Phi) is 62.6. The van der Waals surface area contributed by atoms with E-state index in [0.29, 0.717) is 19.3 Å². The number of hydrogen-bond acceptors (Lipinski definition) is 6. The van der Waals surface area contributed by atoms with Crippen LogP contribution in [0.1, 0.15) is 361 Å². The van der Waals surface area contributed by atoms with Crippen molar-refractivity contribution in [2.75, 3.05) is 13.2 Å². The van der Waals surface area contributed by atoms with Crippen LogP contribution < -0.4 is 0 Å². The third kappa shape index (κ3) is 62.2. The molecule has 0 rings (SSSR count). The highest BCUT2D eigenvalue weighted by Crippen LogP contribution is 2.18. The average molecular weight is 1070 g/mol. The molecular weight excluding hydrogens is 937 g/mol. The minimum Gasteiger partial charge on any atom is -0.462 e. The molecule has 0 amide bonds. The van der Waals surface area contributed by atoms with E-state index < -0.39 is 6.10 Å². The van der Waals surface area contributed by atoms with Crippen molar-refractivity contribution in [3.8, 4) is 0 Å². The van der Waals surface area contributed by atoms with E-state index in [0.717, 1.165) is 96.3 Å². The zero-order valence-corrected chi connectivity index (χ0v) is 51.0. The van der Waals surface area contributed by atoms with E-state index in [1.807, 2.05) is 0 Å². The van der Waals surface area contributed by atoms with Crippen molar-refractivity contribution < 1.29 is 28.6 Å². The van der Waals surface area contributed by atoms with Crippen LogP contribution in [0.2, 0.25) is 0 Å². The van der Waals surface area contributed by atoms with Gasteiger partial charge in [0.2, 0.25) is 0 Å². The van der Waals surface area contributed by atoms with Crippen LogP contribution in [0.3, 0.4) is 0 Å². The standard InChI is InChI=1S/C70H128O6/c1-4-7-10-13-16-19-22-25-28-30-31-32-33-34-35-36-37-38-39-40-43-45-48-51-54-57-60-63-69(72)75-66-67(65-74-68(71)62-59-56-53-50-47-44-41-27-24-21-18-15-12-9-6-3)76-70(73)64-61-58-55-52-49-46-42-29-26-23-20-17-14-11-8-5-2/h9,12,18,21,27,30-31,41,67H,4-8,10-11,13-17,19-20,22-26,28-29,32-40,42-66H2,1-3H3/b12-9-,21-18-,31-30-,41-27-. The molecule has 0 aromatic heterocycles. The third-order valence-corrected chi connectivity index (χ3v) is 15.1. The molecule has 0 aromatic rings. The molecule has 0 aromatic carbocycles. The monoisotopic (exact) mass is 1060 g/mol. The fourth-order valence-electron chi connectivity index (χ4n) is 10.0. The second kappa shape index (κ2) is 64.9. The number of rotatable bonds is 62. The summed E-state index contributed by atoms with van der Waals surface area (Å²) in [4.78, 5) is 38.3. The highest BCUT2D eigenvalue weighted by molar-refractivity contribution is 5.71. The van der Waals surface area contributed by atoms with Crippen molar-refractivity contribution in [3.63, 3.8) is 0 Å². The molecular formula is C70H128O6. The lowest BCUT2D eigenvalue weighted by atomic mass is 10.0. The quantitative estimate of drug-likeness (QED) is 0.0261. The van der Waals surface area contributed by atoms with Gasteiger partial charge in [-0.3, -0.25) is 14.4 Å². The minimum atomic E-state index is -0.778. The lowest BCUT2D eigenvalue weighted by Gasteiger charge is -2.18. The highest BCUT2D eigenvalue weighted by Gasteiger charge is 2.19. The Balaban J connectivity index is 4.23. The maximum absolute atomic E-state index is 12.9. The summed E-state index contributed by atoms with van der Waals surface area (Å²) in [6.45, 7) is 6.57. The number of unbranched alkanes of at least 4 members (excludes halogenated alkanes) is 43. The van der Waals surface area contributed by atoms with Gasteiger partial charge in [-0.1, -0.05) is 313 Å². The predicted molar refractivity (Wildman–Crippen MR) is 330 cm³/mol. The maximum Gasteiger partial charge on any atom is 0.306 e. The first-order valence-corrected chi connectivity index (χ1v) is 33.6. The number of ether oxygens (including phenoxy) is 3. The SMILES string of the molecule is CC/C=C\C/C=C\C/C=C\CCCCCCCC(=O)OCC(COC(=O)CCCCCCCCCCCCCCCCC/C=C\CCCCCCCCCC)OC(=O)CCCCCCCCCCCCCCCCCC. The zero-order chi connectivity index (χ0) is 55.0. The molecule has 0 spiro atoms. The molecule has 0 saturated heterocycles. The number of carbonyl (C=O) groups excluding carboxylic acids is 3. The van der Waals surface area contributed by atoms with Gasteiger partial charge in [0.1, 0.15) is 13.2 Å². The summed E-state index contributed by atoms with van der Waals surface area (Å²) in [6, 6.07) is 0. The Labute approximate surface area is 473 Å². The Morgan fingerprint density at radius 1 is 0.276 bits per heavy atom. The molecule has 0 heterocycles. The van der Waals surface area contributed by atoms with Crippen LogP contribution in [0.25, 0.3) is 0 Å². The van der Waals surface area contributed by atoms with Crippen molar-refractivity contribution in [1.82, 2.24) is 0 Å². The first-order valence-electron chi connectivity index (χ1n) is 33.6. The molecule has 0 radical (unpaired) electrons. The first kappa shape index (κ1) is 73.4. The Bertz CT molecular complexity index is 1310. The minimum absolute atomic E-state index is 0.0742. The Morgan fingerprint density at radius 3 is 0.816 bits per heavy atom. The van der Waals surface area contributed by atoms with E-state index in [1.165, 1.54) is 225 Å². The topological polar surface area (TPSA) is 78.9 Å². The van der Waals surface area contributed by atoms with Crippen molar-refractivity contribution in [2.45, 2.75) is 367 Å². The lowest BCUT2D eigenvalue weighted by molar-refractivity contribution is -0.167. The second-order valence-electron chi connectivity index (χ2n) is 22.7. The van der Waals surface area contributed by atoms with Crippen molar-refractivity contribution in [3.05, 3.63) is 48.6 Å². The fourth-order valence-corrected chi connectivity index (χ4v) is 10.0. The van der Waals surface area contributed by atoms with Crippen LogP contribution in [0, 0.1) is 0 Å². The van der Waals surface area contributed by atoms with Crippen LogP contribution >= 0.6 is 0 Å². The second-order valence-corrected chi connectivity index (χ2v) is 22.7. The molecule has 6 nitrogen and oxygen atoms in total. The van der Waals surface area contributed by atoms with Gasteiger partial charge in [0, 0.05) is 19.3 Å². The van der Waals surface area contributed by atoms with E-state index in [9.17, 15) is 14.4 Å². The fraction of sp³-hybridized carbons (Fsp3) is 0.843. The molecule has 1 unspecified atom stereocenters. The third-order valence-electron chi connectivity index (χ3n) is 15.1. The summed E-state index contributed by atoms with van der Waals surface area (Å²) < 4.78 is 16.9. The number of esters is 3. The summed E-state index contributed by atoms with van der Waals surface area (Å²) in [5, 5.41) is 0. The highest BCUT2D eigenvalue weighted by atomic mass is 16.6. The maximum atomic E-state index is 12.9. The number of carbonyl (C=O) groups is 3. The molecule has 0 bridgehead atoms. The van der Waals surface area contributed by atoms with Gasteiger partial charge in [0.05, 0.1) is 0 Å². The van der Waals surface area contributed by atoms with Gasteiger partial charge < -0.3 is 14.2 Å². The van der Waals surface area contributed by atoms with Crippen LogP contribution in [0.15, 0.2) is 48.6 Å². The van der Waals surface area contributed by atoms with Gasteiger partial charge in [-0.25, -0.2) is 0 Å². The van der Waals surface area contributed by atoms with E-state index >= 15 is 0 Å².